The molecule has 5 heteroatoms. The smallest absolute Gasteiger partial charge is 0.332 e. The Bertz CT molecular complexity index is 406. The van der Waals surface area contributed by atoms with Crippen molar-refractivity contribution in [1.29, 1.82) is 0 Å². The van der Waals surface area contributed by atoms with Crippen molar-refractivity contribution >= 4 is 21.9 Å². The Balaban J connectivity index is 2.47. The average Bonchev–Trinajstić information content (AvgIpc) is 2.30. The summed E-state index contributed by atoms with van der Waals surface area (Å²) >= 11 is 3.37. The van der Waals surface area contributed by atoms with Crippen molar-refractivity contribution in [1.82, 2.24) is 0 Å². The minimum absolute atomic E-state index is 0.319. The number of aryl methyl sites for hydroxylation is 1. The van der Waals surface area contributed by atoms with Crippen LogP contribution < -0.4 is 4.74 Å². The summed E-state index contributed by atoms with van der Waals surface area (Å²) in [5, 5.41) is 8.91. The lowest BCUT2D eigenvalue weighted by atomic mass is 10.2. The normalized spacial score (nSPS) is 12.2. The highest BCUT2D eigenvalue weighted by Gasteiger charge is 2.17. The molecular formula is C13H17BrO4. The third-order valence-corrected chi connectivity index (χ3v) is 2.91. The molecule has 1 aromatic rings. The first-order chi connectivity index (χ1) is 8.54. The summed E-state index contributed by atoms with van der Waals surface area (Å²) < 4.78 is 11.6. The molecule has 18 heavy (non-hydrogen) atoms. The number of halogens is 1. The minimum atomic E-state index is -0.951. The van der Waals surface area contributed by atoms with E-state index in [0.29, 0.717) is 19.6 Å². The van der Waals surface area contributed by atoms with Crippen molar-refractivity contribution in [2.24, 2.45) is 0 Å². The molecule has 1 unspecified atom stereocenters. The Kier molecular flexibility index (Phi) is 6.15. The van der Waals surface area contributed by atoms with Crippen LogP contribution in [0.1, 0.15) is 18.9 Å². The Labute approximate surface area is 115 Å². The molecular weight excluding hydrogens is 300 g/mol. The molecule has 0 aromatic heterocycles. The highest BCUT2D eigenvalue weighted by atomic mass is 79.9. The number of aliphatic carboxylic acids is 1. The van der Waals surface area contributed by atoms with E-state index in [-0.39, 0.29) is 0 Å². The first-order valence-electron chi connectivity index (χ1n) is 5.78. The van der Waals surface area contributed by atoms with Crippen molar-refractivity contribution < 1.29 is 19.4 Å². The fourth-order valence-corrected chi connectivity index (χ4v) is 2.01. The number of carboxylic acids is 1. The summed E-state index contributed by atoms with van der Waals surface area (Å²) in [6.45, 7) is 4.42. The van der Waals surface area contributed by atoms with Gasteiger partial charge in [-0.3, -0.25) is 0 Å². The van der Waals surface area contributed by atoms with Crippen LogP contribution in [0.3, 0.4) is 0 Å². The third kappa shape index (κ3) is 4.66. The van der Waals surface area contributed by atoms with Gasteiger partial charge in [0, 0.05) is 17.5 Å². The van der Waals surface area contributed by atoms with E-state index >= 15 is 0 Å². The Morgan fingerprint density at radius 3 is 2.78 bits per heavy atom. The zero-order chi connectivity index (χ0) is 13.5. The third-order valence-electron chi connectivity index (χ3n) is 2.42. The molecule has 0 amide bonds. The summed E-state index contributed by atoms with van der Waals surface area (Å²) in [7, 11) is 0. The zero-order valence-electron chi connectivity index (χ0n) is 10.5. The molecule has 1 atom stereocenters. The van der Waals surface area contributed by atoms with Crippen LogP contribution in [-0.2, 0) is 9.53 Å². The molecule has 0 bridgehead atoms. The number of ether oxygens (including phenoxy) is 2. The van der Waals surface area contributed by atoms with Gasteiger partial charge in [0.05, 0.1) is 6.61 Å². The molecule has 1 rings (SSSR count). The second-order valence-corrected chi connectivity index (χ2v) is 4.74. The van der Waals surface area contributed by atoms with Crippen LogP contribution in [0.4, 0.5) is 0 Å². The van der Waals surface area contributed by atoms with Crippen molar-refractivity contribution in [2.45, 2.75) is 26.4 Å². The summed E-state index contributed by atoms with van der Waals surface area (Å²) in [6.07, 6.45) is -0.468. The Morgan fingerprint density at radius 1 is 1.50 bits per heavy atom. The molecule has 100 valence electrons. The van der Waals surface area contributed by atoms with Crippen LogP contribution >= 0.6 is 15.9 Å². The van der Waals surface area contributed by atoms with E-state index in [1.807, 2.05) is 25.1 Å². The molecule has 1 aromatic carbocycles. The van der Waals surface area contributed by atoms with E-state index in [4.69, 9.17) is 14.6 Å². The maximum Gasteiger partial charge on any atom is 0.332 e. The fourth-order valence-electron chi connectivity index (χ4n) is 1.53. The van der Waals surface area contributed by atoms with Gasteiger partial charge in [-0.1, -0.05) is 15.9 Å². The molecule has 1 N–H and O–H groups in total. The highest BCUT2D eigenvalue weighted by Crippen LogP contribution is 2.22. The predicted octanol–water partition coefficient (Wildman–Crippen LogP) is 3.02. The van der Waals surface area contributed by atoms with Crippen LogP contribution in [-0.4, -0.2) is 30.4 Å². The second kappa shape index (κ2) is 7.38. The van der Waals surface area contributed by atoms with Gasteiger partial charge in [-0.15, -0.1) is 0 Å². The van der Waals surface area contributed by atoms with Crippen molar-refractivity contribution in [3.8, 4) is 5.75 Å². The van der Waals surface area contributed by atoms with E-state index in [0.717, 1.165) is 15.8 Å². The predicted molar refractivity (Wildman–Crippen MR) is 72.0 cm³/mol. The van der Waals surface area contributed by atoms with Gasteiger partial charge in [0.1, 0.15) is 5.75 Å². The first kappa shape index (κ1) is 15.0. The molecule has 0 aliphatic carbocycles. The average molecular weight is 317 g/mol. The number of benzene rings is 1. The van der Waals surface area contributed by atoms with Gasteiger partial charge in [-0.05, 0) is 37.6 Å². The van der Waals surface area contributed by atoms with Crippen LogP contribution in [0.5, 0.6) is 5.75 Å². The highest BCUT2D eigenvalue weighted by molar-refractivity contribution is 9.10. The molecule has 0 spiro atoms. The van der Waals surface area contributed by atoms with Gasteiger partial charge in [0.2, 0.25) is 0 Å². The van der Waals surface area contributed by atoms with Gasteiger partial charge in [-0.25, -0.2) is 4.79 Å². The number of rotatable bonds is 7. The number of hydrogen-bond donors (Lipinski definition) is 1. The maximum absolute atomic E-state index is 10.9. The van der Waals surface area contributed by atoms with Crippen LogP contribution in [0, 0.1) is 6.92 Å². The summed E-state index contributed by atoms with van der Waals surface area (Å²) in [5.41, 5.74) is 1.01. The van der Waals surface area contributed by atoms with Crippen molar-refractivity contribution in [3.05, 3.63) is 28.2 Å². The van der Waals surface area contributed by atoms with Crippen molar-refractivity contribution in [3.63, 3.8) is 0 Å². The summed E-state index contributed by atoms with van der Waals surface area (Å²) in [4.78, 5) is 10.9. The standard InChI is InChI=1S/C13H17BrO4/c1-3-17-12(13(15)16)6-7-18-11-5-4-10(14)8-9(11)2/h4-5,8,12H,3,6-7H2,1-2H3,(H,15,16). The second-order valence-electron chi connectivity index (χ2n) is 3.83. The topological polar surface area (TPSA) is 55.8 Å². The monoisotopic (exact) mass is 316 g/mol. The van der Waals surface area contributed by atoms with Gasteiger partial charge in [0.15, 0.2) is 6.10 Å². The van der Waals surface area contributed by atoms with E-state index in [1.165, 1.54) is 0 Å². The van der Waals surface area contributed by atoms with Crippen molar-refractivity contribution in [2.75, 3.05) is 13.2 Å². The van der Waals surface area contributed by atoms with Gasteiger partial charge in [-0.2, -0.15) is 0 Å². The molecule has 0 heterocycles. The number of carboxylic acid groups (broad SMARTS) is 1. The van der Waals surface area contributed by atoms with E-state index < -0.39 is 12.1 Å². The lowest BCUT2D eigenvalue weighted by Gasteiger charge is -2.14. The quantitative estimate of drug-likeness (QED) is 0.840. The number of hydrogen-bond acceptors (Lipinski definition) is 3. The molecule has 0 saturated heterocycles. The van der Waals surface area contributed by atoms with Gasteiger partial charge in [0.25, 0.3) is 0 Å². The van der Waals surface area contributed by atoms with Gasteiger partial charge >= 0.3 is 5.97 Å². The molecule has 0 saturated carbocycles. The lowest BCUT2D eigenvalue weighted by molar-refractivity contribution is -0.150. The van der Waals surface area contributed by atoms with Crippen LogP contribution in [0.2, 0.25) is 0 Å². The Hall–Kier alpha value is -1.07. The molecule has 0 aliphatic heterocycles. The largest absolute Gasteiger partial charge is 0.493 e. The fraction of sp³-hybridized carbons (Fsp3) is 0.462. The molecule has 0 radical (unpaired) electrons. The van der Waals surface area contributed by atoms with Crippen LogP contribution in [0.25, 0.3) is 0 Å². The Morgan fingerprint density at radius 2 is 2.22 bits per heavy atom. The van der Waals surface area contributed by atoms with Gasteiger partial charge < -0.3 is 14.6 Å². The molecule has 0 aliphatic rings. The minimum Gasteiger partial charge on any atom is -0.493 e. The van der Waals surface area contributed by atoms with E-state index in [1.54, 1.807) is 6.92 Å². The summed E-state index contributed by atoms with van der Waals surface area (Å²) in [5.74, 6) is -0.188. The van der Waals surface area contributed by atoms with E-state index in [9.17, 15) is 4.79 Å². The first-order valence-corrected chi connectivity index (χ1v) is 6.57. The molecule has 0 fully saturated rings. The maximum atomic E-state index is 10.9. The number of carbonyl (C=O) groups is 1. The van der Waals surface area contributed by atoms with Crippen LogP contribution in [0.15, 0.2) is 22.7 Å². The summed E-state index contributed by atoms with van der Waals surface area (Å²) in [6, 6.07) is 5.70. The van der Waals surface area contributed by atoms with E-state index in [2.05, 4.69) is 15.9 Å². The zero-order valence-corrected chi connectivity index (χ0v) is 12.1. The lowest BCUT2D eigenvalue weighted by Crippen LogP contribution is -2.26. The molecule has 4 nitrogen and oxygen atoms in total. The SMILES string of the molecule is CCOC(CCOc1ccc(Br)cc1C)C(=O)O.